The van der Waals surface area contributed by atoms with E-state index >= 15 is 0 Å². The van der Waals surface area contributed by atoms with E-state index in [-0.39, 0.29) is 0 Å². The lowest BCUT2D eigenvalue weighted by Gasteiger charge is -2.27. The number of rotatable bonds is 3. The topological polar surface area (TPSA) is 50.9 Å². The highest BCUT2D eigenvalue weighted by Crippen LogP contribution is 2.17. The molecule has 0 aliphatic heterocycles. The van der Waals surface area contributed by atoms with Crippen molar-refractivity contribution in [3.8, 4) is 0 Å². The molecule has 1 aromatic heterocycles. The zero-order valence-corrected chi connectivity index (χ0v) is 10.0. The number of thiazole rings is 1. The lowest BCUT2D eigenvalue weighted by molar-refractivity contribution is 0.338. The third kappa shape index (κ3) is 3.26. The predicted molar refractivity (Wildman–Crippen MR) is 63.9 cm³/mol. The fourth-order valence-corrected chi connectivity index (χ4v) is 2.85. The quantitative estimate of drug-likeness (QED) is 0.825. The van der Waals surface area contributed by atoms with Crippen molar-refractivity contribution in [2.45, 2.75) is 51.2 Å². The summed E-state index contributed by atoms with van der Waals surface area (Å²) in [6.07, 6.45) is 4.83. The van der Waals surface area contributed by atoms with Gasteiger partial charge in [-0.25, -0.2) is 4.98 Å². The van der Waals surface area contributed by atoms with Gasteiger partial charge in [0.1, 0.15) is 5.01 Å². The minimum Gasteiger partial charge on any atom is -0.328 e. The normalized spacial score (nSPS) is 26.8. The van der Waals surface area contributed by atoms with Crippen LogP contribution in [0.4, 0.5) is 0 Å². The molecule has 2 atom stereocenters. The fraction of sp³-hybridized carbons (Fsp3) is 0.727. The van der Waals surface area contributed by atoms with E-state index in [1.54, 1.807) is 11.3 Å². The molecule has 1 heterocycles. The highest BCUT2D eigenvalue weighted by Gasteiger charge is 2.18. The molecule has 0 bridgehead atoms. The molecule has 15 heavy (non-hydrogen) atoms. The van der Waals surface area contributed by atoms with Gasteiger partial charge in [0.25, 0.3) is 0 Å². The van der Waals surface area contributed by atoms with E-state index in [9.17, 15) is 0 Å². The molecule has 0 spiro atoms. The van der Waals surface area contributed by atoms with Crippen molar-refractivity contribution in [1.82, 2.24) is 10.3 Å². The molecule has 3 nitrogen and oxygen atoms in total. The zero-order valence-electron chi connectivity index (χ0n) is 9.20. The van der Waals surface area contributed by atoms with Gasteiger partial charge in [-0.3, -0.25) is 0 Å². The van der Waals surface area contributed by atoms with E-state index in [2.05, 4.69) is 15.7 Å². The van der Waals surface area contributed by atoms with Crippen LogP contribution in [0.2, 0.25) is 0 Å². The Morgan fingerprint density at radius 2 is 2.47 bits per heavy atom. The average Bonchev–Trinajstić information content (AvgIpc) is 2.62. The first-order valence-electron chi connectivity index (χ1n) is 5.64. The van der Waals surface area contributed by atoms with Crippen molar-refractivity contribution < 1.29 is 0 Å². The number of nitrogens with two attached hydrogens (primary N) is 1. The van der Waals surface area contributed by atoms with Gasteiger partial charge in [0.15, 0.2) is 0 Å². The molecule has 1 aliphatic rings. The molecule has 1 fully saturated rings. The number of nitrogens with zero attached hydrogens (tertiary/aromatic N) is 1. The first-order valence-corrected chi connectivity index (χ1v) is 6.52. The Labute approximate surface area is 95.1 Å². The molecule has 3 N–H and O–H groups in total. The lowest BCUT2D eigenvalue weighted by Crippen LogP contribution is -2.39. The first-order chi connectivity index (χ1) is 7.24. The van der Waals surface area contributed by atoms with Gasteiger partial charge < -0.3 is 11.1 Å². The summed E-state index contributed by atoms with van der Waals surface area (Å²) in [5.74, 6) is 0. The molecule has 2 rings (SSSR count). The molecule has 2 unspecified atom stereocenters. The van der Waals surface area contributed by atoms with Crippen LogP contribution >= 0.6 is 11.3 Å². The maximum Gasteiger partial charge on any atom is 0.107 e. The largest absolute Gasteiger partial charge is 0.328 e. The van der Waals surface area contributed by atoms with Gasteiger partial charge in [0.2, 0.25) is 0 Å². The highest BCUT2D eigenvalue weighted by molar-refractivity contribution is 7.09. The molecule has 0 saturated heterocycles. The molecular weight excluding hydrogens is 206 g/mol. The maximum absolute atomic E-state index is 5.95. The van der Waals surface area contributed by atoms with Crippen molar-refractivity contribution in [3.05, 3.63) is 16.1 Å². The number of aryl methyl sites for hydroxylation is 1. The van der Waals surface area contributed by atoms with Gasteiger partial charge in [-0.15, -0.1) is 11.3 Å². The highest BCUT2D eigenvalue weighted by atomic mass is 32.1. The Hall–Kier alpha value is -0.450. The van der Waals surface area contributed by atoms with Gasteiger partial charge >= 0.3 is 0 Å². The monoisotopic (exact) mass is 225 g/mol. The molecular formula is C11H19N3S. The molecule has 1 saturated carbocycles. The first kappa shape index (κ1) is 11.0. The Morgan fingerprint density at radius 1 is 1.60 bits per heavy atom. The molecule has 0 amide bonds. The molecule has 0 radical (unpaired) electrons. The minimum absolute atomic E-state index is 0.397. The van der Waals surface area contributed by atoms with Gasteiger partial charge in [-0.05, 0) is 26.2 Å². The van der Waals surface area contributed by atoms with Gasteiger partial charge in [-0.1, -0.05) is 6.42 Å². The second-order valence-electron chi connectivity index (χ2n) is 4.39. The Balaban J connectivity index is 1.77. The smallest absolute Gasteiger partial charge is 0.107 e. The fourth-order valence-electron chi connectivity index (χ4n) is 2.13. The van der Waals surface area contributed by atoms with E-state index in [0.717, 1.165) is 18.7 Å². The summed E-state index contributed by atoms with van der Waals surface area (Å²) in [4.78, 5) is 4.44. The number of aromatic nitrogens is 1. The number of hydrogen-bond donors (Lipinski definition) is 2. The Kier molecular flexibility index (Phi) is 3.72. The van der Waals surface area contributed by atoms with Gasteiger partial charge in [-0.2, -0.15) is 0 Å². The summed E-state index contributed by atoms with van der Waals surface area (Å²) in [5, 5.41) is 6.84. The second-order valence-corrected chi connectivity index (χ2v) is 5.33. The maximum atomic E-state index is 5.95. The summed E-state index contributed by atoms with van der Waals surface area (Å²) in [7, 11) is 0. The second kappa shape index (κ2) is 5.05. The van der Waals surface area contributed by atoms with E-state index < -0.39 is 0 Å². The SMILES string of the molecule is Cc1csc(CNC2CCCC(N)C2)n1. The molecule has 4 heteroatoms. The molecule has 1 aliphatic carbocycles. The van der Waals surface area contributed by atoms with Crippen molar-refractivity contribution in [1.29, 1.82) is 0 Å². The van der Waals surface area contributed by atoms with Crippen LogP contribution < -0.4 is 11.1 Å². The number of nitrogens with one attached hydrogen (secondary N) is 1. The summed E-state index contributed by atoms with van der Waals surface area (Å²) in [6.45, 7) is 2.94. The standard InChI is InChI=1S/C11H19N3S/c1-8-7-15-11(14-8)6-13-10-4-2-3-9(12)5-10/h7,9-10,13H,2-6,12H2,1H3. The van der Waals surface area contributed by atoms with Crippen LogP contribution in [0.3, 0.4) is 0 Å². The Bertz CT molecular complexity index is 311. The van der Waals surface area contributed by atoms with Crippen LogP contribution in [0, 0.1) is 6.92 Å². The Morgan fingerprint density at radius 3 is 3.13 bits per heavy atom. The van der Waals surface area contributed by atoms with E-state index in [1.807, 2.05) is 6.92 Å². The van der Waals surface area contributed by atoms with Crippen LogP contribution in [0.25, 0.3) is 0 Å². The molecule has 1 aromatic rings. The molecule has 0 aromatic carbocycles. The van der Waals surface area contributed by atoms with Gasteiger partial charge in [0.05, 0.1) is 0 Å². The molecule has 84 valence electrons. The lowest BCUT2D eigenvalue weighted by atomic mass is 9.92. The summed E-state index contributed by atoms with van der Waals surface area (Å²) in [5.41, 5.74) is 7.07. The minimum atomic E-state index is 0.397. The van der Waals surface area contributed by atoms with Crippen LogP contribution in [0.1, 0.15) is 36.4 Å². The van der Waals surface area contributed by atoms with Crippen molar-refractivity contribution in [2.24, 2.45) is 5.73 Å². The predicted octanol–water partition coefficient (Wildman–Crippen LogP) is 1.81. The summed E-state index contributed by atoms with van der Waals surface area (Å²) >= 11 is 1.73. The van der Waals surface area contributed by atoms with Crippen molar-refractivity contribution in [3.63, 3.8) is 0 Å². The van der Waals surface area contributed by atoms with E-state index in [4.69, 9.17) is 5.73 Å². The summed E-state index contributed by atoms with van der Waals surface area (Å²) in [6, 6.07) is 0.993. The van der Waals surface area contributed by atoms with Crippen molar-refractivity contribution in [2.75, 3.05) is 0 Å². The van der Waals surface area contributed by atoms with Crippen LogP contribution in [-0.2, 0) is 6.54 Å². The average molecular weight is 225 g/mol. The number of hydrogen-bond acceptors (Lipinski definition) is 4. The zero-order chi connectivity index (χ0) is 10.7. The van der Waals surface area contributed by atoms with Crippen LogP contribution in [0.5, 0.6) is 0 Å². The van der Waals surface area contributed by atoms with E-state index in [0.29, 0.717) is 12.1 Å². The summed E-state index contributed by atoms with van der Waals surface area (Å²) < 4.78 is 0. The third-order valence-electron chi connectivity index (χ3n) is 2.92. The third-order valence-corrected chi connectivity index (χ3v) is 3.89. The van der Waals surface area contributed by atoms with E-state index in [1.165, 1.54) is 24.3 Å². The van der Waals surface area contributed by atoms with Crippen molar-refractivity contribution >= 4 is 11.3 Å². The van der Waals surface area contributed by atoms with Crippen LogP contribution in [0.15, 0.2) is 5.38 Å². The van der Waals surface area contributed by atoms with Crippen LogP contribution in [-0.4, -0.2) is 17.1 Å². The van der Waals surface area contributed by atoms with Gasteiger partial charge in [0, 0.05) is 29.7 Å².